The maximum atomic E-state index is 12.0. The number of Topliss-reactive ketones (excluding diaryl/α,β-unsaturated/α-hetero) is 1. The number of hydrogen-bond acceptors (Lipinski definition) is 3. The van der Waals surface area contributed by atoms with Crippen molar-refractivity contribution in [1.82, 2.24) is 0 Å². The van der Waals surface area contributed by atoms with Crippen molar-refractivity contribution in [2.24, 2.45) is 0 Å². The predicted molar refractivity (Wildman–Crippen MR) is 79.0 cm³/mol. The first-order valence-electron chi connectivity index (χ1n) is 6.16. The zero-order valence-corrected chi connectivity index (χ0v) is 12.1. The SMILES string of the molecule is COc1ccc(C(=O)COc2ccc(Cl)c(C)c2)cc1. The lowest BCUT2D eigenvalue weighted by Gasteiger charge is -2.07. The van der Waals surface area contributed by atoms with Crippen molar-refractivity contribution in [3.05, 3.63) is 58.6 Å². The van der Waals surface area contributed by atoms with E-state index >= 15 is 0 Å². The molecule has 3 nitrogen and oxygen atoms in total. The van der Waals surface area contributed by atoms with Gasteiger partial charge in [0.15, 0.2) is 12.4 Å². The van der Waals surface area contributed by atoms with E-state index in [-0.39, 0.29) is 12.4 Å². The van der Waals surface area contributed by atoms with Crippen molar-refractivity contribution in [2.75, 3.05) is 13.7 Å². The molecule has 2 aromatic rings. The summed E-state index contributed by atoms with van der Waals surface area (Å²) in [5.41, 5.74) is 1.51. The Morgan fingerprint density at radius 3 is 2.35 bits per heavy atom. The van der Waals surface area contributed by atoms with Crippen LogP contribution in [-0.2, 0) is 0 Å². The van der Waals surface area contributed by atoms with Crippen LogP contribution in [0.3, 0.4) is 0 Å². The Bertz CT molecular complexity index is 606. The number of halogens is 1. The lowest BCUT2D eigenvalue weighted by atomic mass is 10.1. The Kier molecular flexibility index (Phi) is 4.64. The Morgan fingerprint density at radius 2 is 1.75 bits per heavy atom. The molecule has 0 saturated carbocycles. The third-order valence-electron chi connectivity index (χ3n) is 2.91. The van der Waals surface area contributed by atoms with E-state index in [1.165, 1.54) is 0 Å². The molecule has 0 amide bonds. The smallest absolute Gasteiger partial charge is 0.200 e. The van der Waals surface area contributed by atoms with E-state index < -0.39 is 0 Å². The highest BCUT2D eigenvalue weighted by Gasteiger charge is 2.07. The molecule has 0 bridgehead atoms. The van der Waals surface area contributed by atoms with Gasteiger partial charge in [0.1, 0.15) is 11.5 Å². The number of rotatable bonds is 5. The van der Waals surface area contributed by atoms with Gasteiger partial charge in [-0.3, -0.25) is 4.79 Å². The maximum Gasteiger partial charge on any atom is 0.200 e. The minimum Gasteiger partial charge on any atom is -0.497 e. The fourth-order valence-corrected chi connectivity index (χ4v) is 1.83. The second kappa shape index (κ2) is 6.44. The third kappa shape index (κ3) is 3.52. The van der Waals surface area contributed by atoms with Crippen LogP contribution in [0, 0.1) is 6.92 Å². The fraction of sp³-hybridized carbons (Fsp3) is 0.188. The summed E-state index contributed by atoms with van der Waals surface area (Å²) in [6, 6.07) is 12.2. The van der Waals surface area contributed by atoms with Gasteiger partial charge in [0.05, 0.1) is 7.11 Å². The highest BCUT2D eigenvalue weighted by Crippen LogP contribution is 2.21. The second-order valence-corrected chi connectivity index (χ2v) is 4.76. The number of carbonyl (C=O) groups is 1. The molecule has 0 aliphatic rings. The van der Waals surface area contributed by atoms with Crippen molar-refractivity contribution in [2.45, 2.75) is 6.92 Å². The number of benzene rings is 2. The highest BCUT2D eigenvalue weighted by atomic mass is 35.5. The molecular weight excluding hydrogens is 276 g/mol. The molecule has 2 rings (SSSR count). The van der Waals surface area contributed by atoms with Gasteiger partial charge in [-0.1, -0.05) is 11.6 Å². The van der Waals surface area contributed by atoms with E-state index in [1.807, 2.05) is 13.0 Å². The van der Waals surface area contributed by atoms with Crippen molar-refractivity contribution in [3.63, 3.8) is 0 Å². The van der Waals surface area contributed by atoms with E-state index in [1.54, 1.807) is 43.5 Å². The van der Waals surface area contributed by atoms with Crippen LogP contribution < -0.4 is 9.47 Å². The lowest BCUT2D eigenvalue weighted by molar-refractivity contribution is 0.0921. The summed E-state index contributed by atoms with van der Waals surface area (Å²) in [4.78, 5) is 12.0. The molecule has 20 heavy (non-hydrogen) atoms. The van der Waals surface area contributed by atoms with Gasteiger partial charge in [-0.25, -0.2) is 0 Å². The summed E-state index contributed by atoms with van der Waals surface area (Å²) in [6.07, 6.45) is 0. The molecule has 0 aliphatic heterocycles. The van der Waals surface area contributed by atoms with Crippen LogP contribution in [-0.4, -0.2) is 19.5 Å². The van der Waals surface area contributed by atoms with Crippen LogP contribution in [0.25, 0.3) is 0 Å². The molecule has 0 spiro atoms. The number of ketones is 1. The average molecular weight is 291 g/mol. The van der Waals surface area contributed by atoms with Crippen LogP contribution in [0.15, 0.2) is 42.5 Å². The number of carbonyl (C=O) groups excluding carboxylic acids is 1. The Labute approximate surface area is 123 Å². The molecule has 104 valence electrons. The normalized spacial score (nSPS) is 10.2. The van der Waals surface area contributed by atoms with Crippen molar-refractivity contribution >= 4 is 17.4 Å². The molecule has 0 aromatic heterocycles. The summed E-state index contributed by atoms with van der Waals surface area (Å²) in [7, 11) is 1.59. The van der Waals surface area contributed by atoms with Gasteiger partial charge in [0.25, 0.3) is 0 Å². The van der Waals surface area contributed by atoms with Crippen LogP contribution >= 0.6 is 11.6 Å². The molecule has 0 N–H and O–H groups in total. The number of methoxy groups -OCH3 is 1. The average Bonchev–Trinajstić information content (AvgIpc) is 2.48. The third-order valence-corrected chi connectivity index (χ3v) is 3.34. The fourth-order valence-electron chi connectivity index (χ4n) is 1.72. The van der Waals surface area contributed by atoms with Crippen LogP contribution in [0.5, 0.6) is 11.5 Å². The van der Waals surface area contributed by atoms with Gasteiger partial charge in [-0.05, 0) is 55.0 Å². The first kappa shape index (κ1) is 14.4. The molecule has 0 heterocycles. The lowest BCUT2D eigenvalue weighted by Crippen LogP contribution is -2.11. The van der Waals surface area contributed by atoms with Gasteiger partial charge in [-0.2, -0.15) is 0 Å². The molecule has 0 atom stereocenters. The van der Waals surface area contributed by atoms with Gasteiger partial charge in [0, 0.05) is 10.6 Å². The number of aryl methyl sites for hydroxylation is 1. The summed E-state index contributed by atoms with van der Waals surface area (Å²) in [6.45, 7) is 1.88. The highest BCUT2D eigenvalue weighted by molar-refractivity contribution is 6.31. The van der Waals surface area contributed by atoms with Gasteiger partial charge < -0.3 is 9.47 Å². The molecule has 2 aromatic carbocycles. The monoisotopic (exact) mass is 290 g/mol. The molecule has 0 aliphatic carbocycles. The molecule has 0 fully saturated rings. The quantitative estimate of drug-likeness (QED) is 0.783. The maximum absolute atomic E-state index is 12.0. The molecule has 0 radical (unpaired) electrons. The zero-order valence-electron chi connectivity index (χ0n) is 11.4. The summed E-state index contributed by atoms with van der Waals surface area (Å²) < 4.78 is 10.5. The zero-order chi connectivity index (χ0) is 14.5. The first-order valence-corrected chi connectivity index (χ1v) is 6.54. The van der Waals surface area contributed by atoms with Crippen LogP contribution in [0.1, 0.15) is 15.9 Å². The Hall–Kier alpha value is -2.00. The first-order chi connectivity index (χ1) is 9.60. The van der Waals surface area contributed by atoms with E-state index in [2.05, 4.69) is 0 Å². The van der Waals surface area contributed by atoms with E-state index in [0.717, 1.165) is 11.3 Å². The number of ether oxygens (including phenoxy) is 2. The van der Waals surface area contributed by atoms with Gasteiger partial charge in [-0.15, -0.1) is 0 Å². The topological polar surface area (TPSA) is 35.5 Å². The second-order valence-electron chi connectivity index (χ2n) is 4.35. The molecular formula is C16H15ClO3. The Morgan fingerprint density at radius 1 is 1.10 bits per heavy atom. The summed E-state index contributed by atoms with van der Waals surface area (Å²) >= 11 is 5.93. The van der Waals surface area contributed by atoms with Crippen molar-refractivity contribution in [3.8, 4) is 11.5 Å². The molecule has 0 saturated heterocycles. The molecule has 4 heteroatoms. The van der Waals surface area contributed by atoms with E-state index in [4.69, 9.17) is 21.1 Å². The van der Waals surface area contributed by atoms with Gasteiger partial charge >= 0.3 is 0 Å². The summed E-state index contributed by atoms with van der Waals surface area (Å²) in [5.74, 6) is 1.27. The van der Waals surface area contributed by atoms with Crippen LogP contribution in [0.2, 0.25) is 5.02 Å². The minimum absolute atomic E-state index is 0.00655. The number of hydrogen-bond donors (Lipinski definition) is 0. The van der Waals surface area contributed by atoms with Crippen LogP contribution in [0.4, 0.5) is 0 Å². The van der Waals surface area contributed by atoms with Crippen molar-refractivity contribution < 1.29 is 14.3 Å². The van der Waals surface area contributed by atoms with Crippen molar-refractivity contribution in [1.29, 1.82) is 0 Å². The predicted octanol–water partition coefficient (Wildman–Crippen LogP) is 3.92. The minimum atomic E-state index is -0.0831. The molecule has 0 unspecified atom stereocenters. The van der Waals surface area contributed by atoms with E-state index in [9.17, 15) is 4.79 Å². The summed E-state index contributed by atoms with van der Waals surface area (Å²) in [5, 5.41) is 0.679. The standard InChI is InChI=1S/C16H15ClO3/c1-11-9-14(7-8-15(11)17)20-10-16(18)12-3-5-13(19-2)6-4-12/h3-9H,10H2,1-2H3. The largest absolute Gasteiger partial charge is 0.497 e. The van der Waals surface area contributed by atoms with E-state index in [0.29, 0.717) is 16.3 Å². The van der Waals surface area contributed by atoms with Gasteiger partial charge in [0.2, 0.25) is 0 Å². The Balaban J connectivity index is 1.98.